The van der Waals surface area contributed by atoms with Gasteiger partial charge in [0.05, 0.1) is 6.54 Å². The van der Waals surface area contributed by atoms with Gasteiger partial charge in [-0.15, -0.1) is 0 Å². The van der Waals surface area contributed by atoms with Crippen LogP contribution in [0.5, 0.6) is 0 Å². The van der Waals surface area contributed by atoms with Gasteiger partial charge >= 0.3 is 0 Å². The molecular formula is C20H39BN2O2. The third kappa shape index (κ3) is 11.3. The minimum Gasteiger partial charge on any atom is -0.360 e. The molecule has 0 aromatic carbocycles. The number of carbonyl (C=O) groups is 2. The summed E-state index contributed by atoms with van der Waals surface area (Å²) in [6.45, 7) is 4.40. The van der Waals surface area contributed by atoms with Gasteiger partial charge in [0.2, 0.25) is 11.8 Å². The molecule has 0 aromatic rings. The molecule has 2 N–H and O–H groups in total. The average molecular weight is 350 g/mol. The van der Waals surface area contributed by atoms with Crippen molar-refractivity contribution in [3.8, 4) is 0 Å². The van der Waals surface area contributed by atoms with Gasteiger partial charge < -0.3 is 10.6 Å². The molecule has 1 rings (SSSR count). The van der Waals surface area contributed by atoms with Gasteiger partial charge in [-0.3, -0.25) is 9.59 Å². The molecule has 4 nitrogen and oxygen atoms in total. The normalized spacial score (nSPS) is 19.5. The van der Waals surface area contributed by atoms with Gasteiger partial charge in [-0.25, -0.2) is 0 Å². The zero-order chi connectivity index (χ0) is 18.5. The Morgan fingerprint density at radius 2 is 1.40 bits per heavy atom. The van der Waals surface area contributed by atoms with Crippen molar-refractivity contribution >= 4 is 19.7 Å². The second-order valence-electron chi connectivity index (χ2n) is 8.27. The van der Waals surface area contributed by atoms with Crippen molar-refractivity contribution in [3.63, 3.8) is 0 Å². The van der Waals surface area contributed by atoms with E-state index in [9.17, 15) is 9.59 Å². The zero-order valence-corrected chi connectivity index (χ0v) is 16.7. The van der Waals surface area contributed by atoms with Gasteiger partial charge in [-0.05, 0) is 31.1 Å². The Bertz CT molecular complexity index is 376. The van der Waals surface area contributed by atoms with Crippen molar-refractivity contribution in [2.24, 2.45) is 11.8 Å². The molecule has 2 amide bonds. The lowest BCUT2D eigenvalue weighted by molar-refractivity contribution is -0.129. The largest absolute Gasteiger partial charge is 0.360 e. The van der Waals surface area contributed by atoms with Crippen LogP contribution in [-0.2, 0) is 9.59 Å². The highest BCUT2D eigenvalue weighted by atomic mass is 16.2. The predicted molar refractivity (Wildman–Crippen MR) is 107 cm³/mol. The van der Waals surface area contributed by atoms with E-state index in [1.54, 1.807) is 0 Å². The van der Waals surface area contributed by atoms with Crippen LogP contribution in [0.3, 0.4) is 0 Å². The van der Waals surface area contributed by atoms with Crippen LogP contribution in [0, 0.1) is 11.8 Å². The number of hydrogen-bond donors (Lipinski definition) is 2. The van der Waals surface area contributed by atoms with Crippen LogP contribution < -0.4 is 10.6 Å². The lowest BCUT2D eigenvalue weighted by atomic mass is 9.88. The van der Waals surface area contributed by atoms with E-state index in [0.717, 1.165) is 32.1 Å². The Balaban J connectivity index is 2.34. The smallest absolute Gasteiger partial charge is 0.238 e. The summed E-state index contributed by atoms with van der Waals surface area (Å²) in [5, 5.41) is 5.84. The second-order valence-corrected chi connectivity index (χ2v) is 8.27. The molecule has 1 aliphatic carbocycles. The van der Waals surface area contributed by atoms with Gasteiger partial charge in [0.25, 0.3) is 0 Å². The molecule has 1 aliphatic rings. The van der Waals surface area contributed by atoms with Gasteiger partial charge in [-0.1, -0.05) is 71.6 Å². The molecular weight excluding hydrogens is 311 g/mol. The Morgan fingerprint density at radius 1 is 0.920 bits per heavy atom. The van der Waals surface area contributed by atoms with Crippen molar-refractivity contribution in [2.75, 3.05) is 6.54 Å². The molecule has 144 valence electrons. The highest BCUT2D eigenvalue weighted by Crippen LogP contribution is 2.21. The standard InChI is InChI=1S/C20H39BN2O2/c1-16(2)14-18(21)23-19(24)15-22-20(25)17-12-10-8-6-4-3-5-7-9-11-13-17/h16-18H,3-15,21H2,1-2H3,(H,22,25)(H,23,24)/t18-/m0/s1. The van der Waals surface area contributed by atoms with Gasteiger partial charge in [-0.2, -0.15) is 0 Å². The van der Waals surface area contributed by atoms with E-state index < -0.39 is 0 Å². The molecule has 0 saturated heterocycles. The van der Waals surface area contributed by atoms with Crippen LogP contribution >= 0.6 is 0 Å². The molecule has 0 heterocycles. The minimum atomic E-state index is -0.0744. The summed E-state index contributed by atoms with van der Waals surface area (Å²) in [6.07, 6.45) is 14.3. The Labute approximate surface area is 155 Å². The lowest BCUT2D eigenvalue weighted by Crippen LogP contribution is -2.44. The van der Waals surface area contributed by atoms with E-state index in [4.69, 9.17) is 0 Å². The fourth-order valence-electron chi connectivity index (χ4n) is 3.83. The van der Waals surface area contributed by atoms with E-state index in [1.807, 2.05) is 7.85 Å². The number of carbonyl (C=O) groups excluding carboxylic acids is 2. The molecule has 1 atom stereocenters. The minimum absolute atomic E-state index is 0.0729. The molecule has 0 aliphatic heterocycles. The predicted octanol–water partition coefficient (Wildman–Crippen LogP) is 3.15. The summed E-state index contributed by atoms with van der Waals surface area (Å²) < 4.78 is 0. The van der Waals surface area contributed by atoms with E-state index in [0.29, 0.717) is 5.92 Å². The molecule has 0 radical (unpaired) electrons. The number of amides is 2. The zero-order valence-electron chi connectivity index (χ0n) is 16.7. The molecule has 1 saturated carbocycles. The third-order valence-electron chi connectivity index (χ3n) is 5.13. The number of nitrogens with one attached hydrogen (secondary N) is 2. The Hall–Kier alpha value is -0.995. The SMILES string of the molecule is B[C@H](CC(C)C)NC(=O)CNC(=O)C1CCCCCCCCCCC1. The van der Waals surface area contributed by atoms with Crippen LogP contribution in [0.15, 0.2) is 0 Å². The van der Waals surface area contributed by atoms with Gasteiger partial charge in [0, 0.05) is 5.92 Å². The Morgan fingerprint density at radius 3 is 1.88 bits per heavy atom. The number of hydrogen-bond acceptors (Lipinski definition) is 2. The van der Waals surface area contributed by atoms with Crippen molar-refractivity contribution in [2.45, 2.75) is 96.8 Å². The first-order chi connectivity index (χ1) is 12.0. The quantitative estimate of drug-likeness (QED) is 0.723. The van der Waals surface area contributed by atoms with E-state index >= 15 is 0 Å². The molecule has 5 heteroatoms. The maximum Gasteiger partial charge on any atom is 0.238 e. The van der Waals surface area contributed by atoms with Crippen molar-refractivity contribution in [3.05, 3.63) is 0 Å². The first kappa shape index (κ1) is 22.0. The maximum absolute atomic E-state index is 12.5. The average Bonchev–Trinajstić information content (AvgIpc) is 2.52. The van der Waals surface area contributed by atoms with Gasteiger partial charge in [0.15, 0.2) is 0 Å². The summed E-state index contributed by atoms with van der Waals surface area (Å²) in [4.78, 5) is 24.5. The molecule has 25 heavy (non-hydrogen) atoms. The van der Waals surface area contributed by atoms with E-state index in [-0.39, 0.29) is 30.2 Å². The molecule has 0 spiro atoms. The third-order valence-corrected chi connectivity index (χ3v) is 5.13. The fourth-order valence-corrected chi connectivity index (χ4v) is 3.83. The Kier molecular flexibility index (Phi) is 11.7. The second kappa shape index (κ2) is 13.2. The lowest BCUT2D eigenvalue weighted by Gasteiger charge is -2.19. The van der Waals surface area contributed by atoms with E-state index in [1.165, 1.54) is 44.9 Å². The first-order valence-electron chi connectivity index (χ1n) is 10.6. The summed E-state index contributed by atoms with van der Waals surface area (Å²) >= 11 is 0. The first-order valence-corrected chi connectivity index (χ1v) is 10.6. The van der Waals surface area contributed by atoms with Crippen LogP contribution in [0.4, 0.5) is 0 Å². The maximum atomic E-state index is 12.5. The highest BCUT2D eigenvalue weighted by Gasteiger charge is 2.19. The summed E-state index contributed by atoms with van der Waals surface area (Å²) in [7, 11) is 2.02. The molecule has 0 aromatic heterocycles. The van der Waals surface area contributed by atoms with Crippen LogP contribution in [0.1, 0.15) is 90.9 Å². The molecule has 1 fully saturated rings. The van der Waals surface area contributed by atoms with Crippen molar-refractivity contribution in [1.29, 1.82) is 0 Å². The summed E-state index contributed by atoms with van der Waals surface area (Å²) in [5.74, 6) is 0.797. The van der Waals surface area contributed by atoms with Crippen LogP contribution in [0.25, 0.3) is 0 Å². The van der Waals surface area contributed by atoms with Crippen molar-refractivity contribution < 1.29 is 9.59 Å². The topological polar surface area (TPSA) is 58.2 Å². The van der Waals surface area contributed by atoms with Crippen molar-refractivity contribution in [1.82, 2.24) is 10.6 Å². The summed E-state index contributed by atoms with van der Waals surface area (Å²) in [5.41, 5.74) is 0. The number of rotatable bonds is 6. The molecule has 0 bridgehead atoms. The highest BCUT2D eigenvalue weighted by molar-refractivity contribution is 6.13. The van der Waals surface area contributed by atoms with Gasteiger partial charge in [0.1, 0.15) is 7.85 Å². The fraction of sp³-hybridized carbons (Fsp3) is 0.900. The molecule has 0 unspecified atom stereocenters. The van der Waals surface area contributed by atoms with Crippen LogP contribution in [0.2, 0.25) is 0 Å². The summed E-state index contributed by atoms with van der Waals surface area (Å²) in [6, 6.07) is 0. The van der Waals surface area contributed by atoms with Crippen LogP contribution in [-0.4, -0.2) is 32.1 Å². The van der Waals surface area contributed by atoms with E-state index in [2.05, 4.69) is 24.5 Å². The monoisotopic (exact) mass is 350 g/mol.